The third-order valence-electron chi connectivity index (χ3n) is 3.35. The van der Waals surface area contributed by atoms with E-state index in [4.69, 9.17) is 0 Å². The Morgan fingerprint density at radius 1 is 1.24 bits per heavy atom. The molecule has 0 amide bonds. The molecule has 1 aromatic carbocycles. The summed E-state index contributed by atoms with van der Waals surface area (Å²) in [5, 5.41) is 0. The van der Waals surface area contributed by atoms with Crippen LogP contribution in [-0.4, -0.2) is 30.3 Å². The number of nitrogens with zero attached hydrogens (tertiary/aromatic N) is 1. The number of hydrogen-bond donors (Lipinski definition) is 0. The number of rotatable bonds is 4. The summed E-state index contributed by atoms with van der Waals surface area (Å²) in [5.41, 5.74) is 1.36. The van der Waals surface area contributed by atoms with Gasteiger partial charge in [-0.25, -0.2) is 0 Å². The molecule has 1 aliphatic heterocycles. The number of halogens is 1. The van der Waals surface area contributed by atoms with E-state index in [1.807, 2.05) is 6.07 Å². The third-order valence-corrected chi connectivity index (χ3v) is 3.35. The van der Waals surface area contributed by atoms with Gasteiger partial charge in [-0.1, -0.05) is 36.8 Å². The zero-order chi connectivity index (χ0) is 11.2. The molecule has 1 heterocycles. The summed E-state index contributed by atoms with van der Waals surface area (Å²) in [6.45, 7) is 2.09. The maximum atomic E-state index is 10.9. The predicted octanol–water partition coefficient (Wildman–Crippen LogP) is 2.70. The van der Waals surface area contributed by atoms with Gasteiger partial charge in [-0.05, 0) is 31.4 Å². The van der Waals surface area contributed by atoms with E-state index in [9.17, 15) is 4.79 Å². The average Bonchev–Trinajstić information content (AvgIpc) is 2.38. The number of carbonyl (C=O) groups excluding carboxylic acids is 1. The lowest BCUT2D eigenvalue weighted by Gasteiger charge is -2.32. The van der Waals surface area contributed by atoms with Crippen LogP contribution in [0.1, 0.15) is 24.8 Å². The summed E-state index contributed by atoms with van der Waals surface area (Å²) in [5.74, 6) is 0. The van der Waals surface area contributed by atoms with E-state index < -0.39 is 0 Å². The fraction of sp³-hybridized carbons (Fsp3) is 0.500. The van der Waals surface area contributed by atoms with Gasteiger partial charge in [-0.3, -0.25) is 4.90 Å². The summed E-state index contributed by atoms with van der Waals surface area (Å²) in [7, 11) is 0. The molecule has 3 heteroatoms. The van der Waals surface area contributed by atoms with Crippen molar-refractivity contribution in [3.8, 4) is 0 Å². The Labute approximate surface area is 109 Å². The van der Waals surface area contributed by atoms with Gasteiger partial charge in [0.2, 0.25) is 0 Å². The van der Waals surface area contributed by atoms with Crippen LogP contribution < -0.4 is 0 Å². The molecule has 0 bridgehead atoms. The molecule has 0 spiro atoms. The summed E-state index contributed by atoms with van der Waals surface area (Å²) < 4.78 is 0. The second-order valence-corrected chi connectivity index (χ2v) is 4.47. The molecular weight excluding hydrogens is 234 g/mol. The molecular formula is C14H20ClNO. The third kappa shape index (κ3) is 4.14. The van der Waals surface area contributed by atoms with Crippen LogP contribution in [0.2, 0.25) is 0 Å². The highest BCUT2D eigenvalue weighted by Crippen LogP contribution is 2.15. The van der Waals surface area contributed by atoms with Gasteiger partial charge in [-0.15, -0.1) is 12.4 Å². The highest BCUT2D eigenvalue weighted by atomic mass is 35.5. The zero-order valence-electron chi connectivity index (χ0n) is 10.0. The Kier molecular flexibility index (Phi) is 6.23. The molecule has 1 aromatic rings. The molecule has 1 saturated heterocycles. The maximum absolute atomic E-state index is 10.9. The van der Waals surface area contributed by atoms with Crippen molar-refractivity contribution < 1.29 is 4.79 Å². The van der Waals surface area contributed by atoms with Crippen molar-refractivity contribution in [1.82, 2.24) is 4.90 Å². The first-order chi connectivity index (χ1) is 7.90. The normalized spacial score (nSPS) is 20.6. The number of hydrogen-bond acceptors (Lipinski definition) is 2. The van der Waals surface area contributed by atoms with Crippen LogP contribution in [0.15, 0.2) is 30.3 Å². The Balaban J connectivity index is 0.00000144. The topological polar surface area (TPSA) is 20.3 Å². The highest BCUT2D eigenvalue weighted by Gasteiger charge is 2.20. The minimum absolute atomic E-state index is 0. The monoisotopic (exact) mass is 253 g/mol. The van der Waals surface area contributed by atoms with Gasteiger partial charge >= 0.3 is 0 Å². The first kappa shape index (κ1) is 14.2. The van der Waals surface area contributed by atoms with Crippen LogP contribution in [0, 0.1) is 0 Å². The Hall–Kier alpha value is -0.860. The number of aldehydes is 1. The summed E-state index contributed by atoms with van der Waals surface area (Å²) in [6.07, 6.45) is 5.64. The van der Waals surface area contributed by atoms with Gasteiger partial charge in [0.05, 0.1) is 6.04 Å². The highest BCUT2D eigenvalue weighted by molar-refractivity contribution is 5.85. The lowest BCUT2D eigenvalue weighted by atomic mass is 10.0. The molecule has 1 aliphatic rings. The number of benzene rings is 1. The smallest absolute Gasteiger partial charge is 0.137 e. The number of piperidine rings is 1. The van der Waals surface area contributed by atoms with Crippen LogP contribution >= 0.6 is 12.4 Å². The molecule has 1 unspecified atom stereocenters. The van der Waals surface area contributed by atoms with Crippen molar-refractivity contribution >= 4 is 18.7 Å². The van der Waals surface area contributed by atoms with E-state index in [-0.39, 0.29) is 18.4 Å². The molecule has 17 heavy (non-hydrogen) atoms. The van der Waals surface area contributed by atoms with E-state index in [2.05, 4.69) is 29.2 Å². The van der Waals surface area contributed by atoms with Crippen LogP contribution in [0.4, 0.5) is 0 Å². The van der Waals surface area contributed by atoms with Gasteiger partial charge in [0.1, 0.15) is 6.29 Å². The Bertz CT molecular complexity index is 328. The van der Waals surface area contributed by atoms with Crippen molar-refractivity contribution in [3.63, 3.8) is 0 Å². The molecule has 2 rings (SSSR count). The summed E-state index contributed by atoms with van der Waals surface area (Å²) in [6, 6.07) is 10.7. The van der Waals surface area contributed by atoms with Crippen molar-refractivity contribution in [2.45, 2.75) is 31.7 Å². The molecule has 1 atom stereocenters. The van der Waals surface area contributed by atoms with Crippen LogP contribution in [0.25, 0.3) is 0 Å². The van der Waals surface area contributed by atoms with Crippen molar-refractivity contribution in [1.29, 1.82) is 0 Å². The van der Waals surface area contributed by atoms with E-state index in [1.54, 1.807) is 0 Å². The van der Waals surface area contributed by atoms with E-state index >= 15 is 0 Å². The van der Waals surface area contributed by atoms with Gasteiger partial charge in [0, 0.05) is 6.54 Å². The van der Waals surface area contributed by atoms with Gasteiger partial charge in [0.25, 0.3) is 0 Å². The quantitative estimate of drug-likeness (QED) is 0.769. The lowest BCUT2D eigenvalue weighted by molar-refractivity contribution is -0.113. The van der Waals surface area contributed by atoms with Gasteiger partial charge in [0.15, 0.2) is 0 Å². The second-order valence-electron chi connectivity index (χ2n) is 4.47. The minimum atomic E-state index is 0. The van der Waals surface area contributed by atoms with E-state index in [0.29, 0.717) is 0 Å². The van der Waals surface area contributed by atoms with Crippen LogP contribution in [0.3, 0.4) is 0 Å². The van der Waals surface area contributed by atoms with Crippen molar-refractivity contribution in [2.75, 3.05) is 13.1 Å². The lowest BCUT2D eigenvalue weighted by Crippen LogP contribution is -2.41. The first-order valence-electron chi connectivity index (χ1n) is 6.13. The molecule has 0 aromatic heterocycles. The molecule has 0 aliphatic carbocycles. The van der Waals surface area contributed by atoms with Crippen LogP contribution in [0.5, 0.6) is 0 Å². The van der Waals surface area contributed by atoms with Crippen molar-refractivity contribution in [2.24, 2.45) is 0 Å². The maximum Gasteiger partial charge on any atom is 0.137 e. The predicted molar refractivity (Wildman–Crippen MR) is 72.7 cm³/mol. The van der Waals surface area contributed by atoms with Gasteiger partial charge < -0.3 is 4.79 Å². The Morgan fingerprint density at radius 2 is 2.00 bits per heavy atom. The SMILES string of the molecule is Cl.O=CC1CCCCN1CCc1ccccc1. The molecule has 2 nitrogen and oxygen atoms in total. The number of likely N-dealkylation sites (tertiary alicyclic amines) is 1. The fourth-order valence-electron chi connectivity index (χ4n) is 2.37. The largest absolute Gasteiger partial charge is 0.302 e. The average molecular weight is 254 g/mol. The minimum Gasteiger partial charge on any atom is -0.302 e. The molecule has 0 N–H and O–H groups in total. The number of carbonyl (C=O) groups is 1. The molecule has 1 fully saturated rings. The zero-order valence-corrected chi connectivity index (χ0v) is 10.9. The first-order valence-corrected chi connectivity index (χ1v) is 6.13. The summed E-state index contributed by atoms with van der Waals surface area (Å²) >= 11 is 0. The summed E-state index contributed by atoms with van der Waals surface area (Å²) in [4.78, 5) is 13.3. The fourth-order valence-corrected chi connectivity index (χ4v) is 2.37. The second kappa shape index (κ2) is 7.46. The van der Waals surface area contributed by atoms with E-state index in [1.165, 1.54) is 18.4 Å². The Morgan fingerprint density at radius 3 is 2.71 bits per heavy atom. The van der Waals surface area contributed by atoms with Gasteiger partial charge in [-0.2, -0.15) is 0 Å². The standard InChI is InChI=1S/C14H19NO.ClH/c16-12-14-8-4-5-10-15(14)11-9-13-6-2-1-3-7-13;/h1-3,6-7,12,14H,4-5,8-11H2;1H. The molecule has 0 radical (unpaired) electrons. The van der Waals surface area contributed by atoms with E-state index in [0.717, 1.165) is 32.2 Å². The van der Waals surface area contributed by atoms with Crippen molar-refractivity contribution in [3.05, 3.63) is 35.9 Å². The molecule has 94 valence electrons. The van der Waals surface area contributed by atoms with Crippen LogP contribution in [-0.2, 0) is 11.2 Å². The molecule has 0 saturated carbocycles.